The summed E-state index contributed by atoms with van der Waals surface area (Å²) >= 11 is 0. The van der Waals surface area contributed by atoms with Crippen LogP contribution in [0.3, 0.4) is 0 Å². The molecule has 0 fully saturated rings. The predicted octanol–water partition coefficient (Wildman–Crippen LogP) is 1.99. The molecule has 2 aromatic carbocycles. The fourth-order valence-electron chi connectivity index (χ4n) is 2.60. The summed E-state index contributed by atoms with van der Waals surface area (Å²) in [7, 11) is 0. The largest absolute Gasteiger partial charge is 0.290 e. The van der Waals surface area contributed by atoms with Crippen LogP contribution >= 0.6 is 0 Å². The molecule has 0 radical (unpaired) electrons. The highest BCUT2D eigenvalue weighted by atomic mass is 16.2. The van der Waals surface area contributed by atoms with E-state index in [1.165, 1.54) is 0 Å². The molecule has 0 amide bonds. The van der Waals surface area contributed by atoms with Crippen LogP contribution in [-0.4, -0.2) is 23.1 Å². The molecule has 0 saturated carbocycles. The minimum absolute atomic E-state index is 0.286. The van der Waals surface area contributed by atoms with Gasteiger partial charge in [-0.2, -0.15) is 0 Å². The van der Waals surface area contributed by atoms with E-state index in [1.807, 2.05) is 24.3 Å². The summed E-state index contributed by atoms with van der Waals surface area (Å²) < 4.78 is 0. The third-order valence-electron chi connectivity index (χ3n) is 3.73. The van der Waals surface area contributed by atoms with Crippen molar-refractivity contribution < 1.29 is 19.2 Å². The Kier molecular flexibility index (Phi) is 3.51. The van der Waals surface area contributed by atoms with Crippen molar-refractivity contribution >= 4 is 23.1 Å². The highest BCUT2D eigenvalue weighted by Crippen LogP contribution is 2.19. The van der Waals surface area contributed by atoms with Gasteiger partial charge >= 0.3 is 0 Å². The van der Waals surface area contributed by atoms with E-state index in [0.29, 0.717) is 11.1 Å². The van der Waals surface area contributed by atoms with E-state index >= 15 is 0 Å². The van der Waals surface area contributed by atoms with Crippen molar-refractivity contribution in [2.24, 2.45) is 0 Å². The van der Waals surface area contributed by atoms with Crippen molar-refractivity contribution in [2.75, 3.05) is 0 Å². The molecule has 4 nitrogen and oxygen atoms in total. The summed E-state index contributed by atoms with van der Waals surface area (Å²) in [6.45, 7) is 0. The number of hydrogen-bond acceptors (Lipinski definition) is 4. The third-order valence-corrected chi connectivity index (χ3v) is 3.73. The van der Waals surface area contributed by atoms with E-state index in [-0.39, 0.29) is 36.0 Å². The Morgan fingerprint density at radius 1 is 0.545 bits per heavy atom. The number of ketones is 4. The quantitative estimate of drug-likeness (QED) is 0.696. The Morgan fingerprint density at radius 2 is 0.909 bits per heavy atom. The van der Waals surface area contributed by atoms with E-state index in [1.54, 1.807) is 24.3 Å². The highest BCUT2D eigenvalue weighted by molar-refractivity contribution is 6.47. The number of Topliss-reactive ketones (excluding diaryl/α,β-unsaturated/α-hetero) is 4. The number of benzene rings is 2. The summed E-state index contributed by atoms with van der Waals surface area (Å²) in [4.78, 5) is 43.9. The molecule has 22 heavy (non-hydrogen) atoms. The lowest BCUT2D eigenvalue weighted by atomic mass is 10.1. The van der Waals surface area contributed by atoms with Crippen LogP contribution in [0.1, 0.15) is 31.8 Å². The average molecular weight is 292 g/mol. The van der Waals surface area contributed by atoms with Crippen LogP contribution in [0.4, 0.5) is 0 Å². The van der Waals surface area contributed by atoms with Gasteiger partial charge in [0, 0.05) is 24.0 Å². The fourth-order valence-corrected chi connectivity index (χ4v) is 2.60. The first-order chi connectivity index (χ1) is 10.6. The molecule has 2 aromatic rings. The van der Waals surface area contributed by atoms with Gasteiger partial charge in [-0.25, -0.2) is 0 Å². The van der Waals surface area contributed by atoms with Crippen LogP contribution in [0.25, 0.3) is 0 Å². The Hall–Kier alpha value is -2.88. The molecule has 0 bridgehead atoms. The van der Waals surface area contributed by atoms with Crippen LogP contribution in [-0.2, 0) is 22.4 Å². The predicted molar refractivity (Wildman–Crippen MR) is 79.0 cm³/mol. The maximum Gasteiger partial charge on any atom is 0.229 e. The highest BCUT2D eigenvalue weighted by Gasteiger charge is 2.27. The lowest BCUT2D eigenvalue weighted by Gasteiger charge is -1.90. The second kappa shape index (κ2) is 5.48. The monoisotopic (exact) mass is 292 g/mol. The van der Waals surface area contributed by atoms with Gasteiger partial charge in [-0.1, -0.05) is 48.5 Å². The van der Waals surface area contributed by atoms with Crippen LogP contribution in [0.15, 0.2) is 48.5 Å². The fraction of sp³-hybridized carbons (Fsp3) is 0.111. The third kappa shape index (κ3) is 2.39. The van der Waals surface area contributed by atoms with Crippen molar-refractivity contribution in [3.63, 3.8) is 0 Å². The molecule has 0 unspecified atom stereocenters. The molecule has 0 atom stereocenters. The van der Waals surface area contributed by atoms with Crippen molar-refractivity contribution in [3.05, 3.63) is 70.8 Å². The summed E-state index contributed by atoms with van der Waals surface area (Å²) in [5.41, 5.74) is 2.89. The second-order valence-electron chi connectivity index (χ2n) is 5.17. The van der Waals surface area contributed by atoms with Gasteiger partial charge in [0.1, 0.15) is 0 Å². The molecule has 0 spiro atoms. The lowest BCUT2D eigenvalue weighted by molar-refractivity contribution is -0.114. The molecule has 4 rings (SSSR count). The van der Waals surface area contributed by atoms with Crippen molar-refractivity contribution in [1.82, 2.24) is 0 Å². The molecular weight excluding hydrogens is 280 g/mol. The number of carbonyl (C=O) groups is 4. The minimum Gasteiger partial charge on any atom is -0.290 e. The molecule has 2 aliphatic rings. The summed E-state index contributed by atoms with van der Waals surface area (Å²) in [5.74, 6) is -1.24. The van der Waals surface area contributed by atoms with Crippen molar-refractivity contribution in [1.29, 1.82) is 0 Å². The summed E-state index contributed by atoms with van der Waals surface area (Å²) in [5, 5.41) is 0. The first-order valence-electron chi connectivity index (χ1n) is 6.89. The van der Waals surface area contributed by atoms with Crippen LogP contribution < -0.4 is 0 Å². The minimum atomic E-state index is -0.333. The van der Waals surface area contributed by atoms with Crippen LogP contribution in [0.5, 0.6) is 0 Å². The molecule has 0 aromatic heterocycles. The normalized spacial score (nSPS) is 15.3. The number of hydrogen-bond donors (Lipinski definition) is 0. The van der Waals surface area contributed by atoms with E-state index in [4.69, 9.17) is 0 Å². The first kappa shape index (κ1) is 14.1. The van der Waals surface area contributed by atoms with E-state index in [9.17, 15) is 19.2 Å². The number of fused-ring (bicyclic) bond motifs is 2. The summed E-state index contributed by atoms with van der Waals surface area (Å²) in [6, 6.07) is 14.3. The van der Waals surface area contributed by atoms with Gasteiger partial charge in [-0.15, -0.1) is 0 Å². The topological polar surface area (TPSA) is 68.3 Å². The van der Waals surface area contributed by atoms with Gasteiger partial charge in [0.05, 0.1) is 0 Å². The van der Waals surface area contributed by atoms with Gasteiger partial charge in [0.25, 0.3) is 0 Å². The number of carbonyl (C=O) groups excluding carboxylic acids is 4. The van der Waals surface area contributed by atoms with Crippen molar-refractivity contribution in [2.45, 2.75) is 12.8 Å². The maximum absolute atomic E-state index is 11.0. The molecule has 0 N–H and O–H groups in total. The van der Waals surface area contributed by atoms with E-state index in [2.05, 4.69) is 0 Å². The standard InChI is InChI=1S/2C9H6O2/c2*10-8-5-6-3-1-2-4-7(6)9(8)11/h2*1-4H,5H2. The number of rotatable bonds is 0. The lowest BCUT2D eigenvalue weighted by Crippen LogP contribution is -2.05. The Balaban J connectivity index is 0.000000131. The van der Waals surface area contributed by atoms with Crippen LogP contribution in [0, 0.1) is 0 Å². The first-order valence-corrected chi connectivity index (χ1v) is 6.89. The molecule has 0 saturated heterocycles. The Morgan fingerprint density at radius 3 is 1.27 bits per heavy atom. The van der Waals surface area contributed by atoms with Gasteiger partial charge in [0.2, 0.25) is 23.1 Å². The van der Waals surface area contributed by atoms with Crippen molar-refractivity contribution in [3.8, 4) is 0 Å². The van der Waals surface area contributed by atoms with Gasteiger partial charge < -0.3 is 0 Å². The Labute approximate surface area is 126 Å². The van der Waals surface area contributed by atoms with Gasteiger partial charge in [-0.05, 0) is 11.1 Å². The molecular formula is C18H12O4. The van der Waals surface area contributed by atoms with E-state index in [0.717, 1.165) is 11.1 Å². The zero-order valence-corrected chi connectivity index (χ0v) is 11.7. The molecule has 0 heterocycles. The van der Waals surface area contributed by atoms with Gasteiger partial charge in [-0.3, -0.25) is 19.2 Å². The second-order valence-corrected chi connectivity index (χ2v) is 5.17. The Bertz CT molecular complexity index is 748. The average Bonchev–Trinajstić information content (AvgIpc) is 2.98. The van der Waals surface area contributed by atoms with Gasteiger partial charge in [0.15, 0.2) is 0 Å². The maximum atomic E-state index is 11.0. The van der Waals surface area contributed by atoms with Crippen LogP contribution in [0.2, 0.25) is 0 Å². The molecule has 4 heteroatoms. The zero-order valence-electron chi connectivity index (χ0n) is 11.7. The summed E-state index contributed by atoms with van der Waals surface area (Å²) in [6.07, 6.45) is 0.573. The smallest absolute Gasteiger partial charge is 0.229 e. The molecule has 108 valence electrons. The molecule has 0 aliphatic heterocycles. The molecule has 2 aliphatic carbocycles. The zero-order chi connectivity index (χ0) is 15.7. The van der Waals surface area contributed by atoms with E-state index < -0.39 is 0 Å². The SMILES string of the molecule is O=C1Cc2ccccc2C1=O.O=C1Cc2ccccc2C1=O.